The van der Waals surface area contributed by atoms with Crippen molar-refractivity contribution in [2.45, 2.75) is 32.3 Å². The summed E-state index contributed by atoms with van der Waals surface area (Å²) >= 11 is 0. The zero-order chi connectivity index (χ0) is 9.36. The normalized spacial score (nSPS) is 17.3. The van der Waals surface area contributed by atoms with Gasteiger partial charge in [0.15, 0.2) is 0 Å². The molecule has 0 bridgehead atoms. The number of hydrogen-bond donors (Lipinski definition) is 1. The summed E-state index contributed by atoms with van der Waals surface area (Å²) in [4.78, 5) is 0. The molecule has 1 aliphatic rings. The second kappa shape index (κ2) is 7.30. The standard InChI is InChI=1S/C10H21NO2/c1-2-3-4-5-11-6-7-13-10-8-12-9-10/h10-11H,2-9H2,1H3. The minimum atomic E-state index is 0.373. The molecule has 1 aliphatic heterocycles. The van der Waals surface area contributed by atoms with Crippen molar-refractivity contribution in [3.63, 3.8) is 0 Å². The van der Waals surface area contributed by atoms with Gasteiger partial charge in [0.25, 0.3) is 0 Å². The lowest BCUT2D eigenvalue weighted by atomic mass is 10.2. The number of ether oxygens (including phenoxy) is 2. The largest absolute Gasteiger partial charge is 0.376 e. The van der Waals surface area contributed by atoms with E-state index in [1.165, 1.54) is 19.3 Å². The first-order valence-corrected chi connectivity index (χ1v) is 5.33. The highest BCUT2D eigenvalue weighted by Crippen LogP contribution is 2.03. The Labute approximate surface area is 80.8 Å². The van der Waals surface area contributed by atoms with Crippen molar-refractivity contribution in [3.8, 4) is 0 Å². The second-order valence-corrected chi connectivity index (χ2v) is 3.49. The maximum atomic E-state index is 5.50. The molecule has 0 aromatic carbocycles. The van der Waals surface area contributed by atoms with Gasteiger partial charge < -0.3 is 14.8 Å². The smallest absolute Gasteiger partial charge is 0.104 e. The highest BCUT2D eigenvalue weighted by Gasteiger charge is 2.17. The summed E-state index contributed by atoms with van der Waals surface area (Å²) < 4.78 is 10.5. The molecular weight excluding hydrogens is 166 g/mol. The molecule has 1 saturated heterocycles. The molecule has 78 valence electrons. The van der Waals surface area contributed by atoms with Crippen molar-refractivity contribution in [2.75, 3.05) is 32.9 Å². The van der Waals surface area contributed by atoms with Crippen molar-refractivity contribution >= 4 is 0 Å². The molecule has 0 aromatic heterocycles. The molecule has 0 amide bonds. The van der Waals surface area contributed by atoms with Crippen LogP contribution in [0.2, 0.25) is 0 Å². The molecule has 1 heterocycles. The van der Waals surface area contributed by atoms with Crippen molar-refractivity contribution < 1.29 is 9.47 Å². The summed E-state index contributed by atoms with van der Waals surface area (Å²) in [6, 6.07) is 0. The van der Waals surface area contributed by atoms with E-state index in [2.05, 4.69) is 12.2 Å². The minimum Gasteiger partial charge on any atom is -0.376 e. The SMILES string of the molecule is CCCCCNCCOC1COC1. The molecule has 1 rings (SSSR count). The van der Waals surface area contributed by atoms with Crippen LogP contribution in [0, 0.1) is 0 Å². The van der Waals surface area contributed by atoms with Gasteiger partial charge >= 0.3 is 0 Å². The van der Waals surface area contributed by atoms with E-state index in [0.717, 1.165) is 32.9 Å². The maximum absolute atomic E-state index is 5.50. The molecular formula is C10H21NO2. The van der Waals surface area contributed by atoms with Crippen LogP contribution >= 0.6 is 0 Å². The summed E-state index contributed by atoms with van der Waals surface area (Å²) in [7, 11) is 0. The molecule has 0 aromatic rings. The summed E-state index contributed by atoms with van der Waals surface area (Å²) in [5, 5.41) is 3.36. The van der Waals surface area contributed by atoms with E-state index < -0.39 is 0 Å². The van der Waals surface area contributed by atoms with E-state index in [4.69, 9.17) is 9.47 Å². The third-order valence-corrected chi connectivity index (χ3v) is 2.20. The van der Waals surface area contributed by atoms with Gasteiger partial charge in [0.1, 0.15) is 6.10 Å². The van der Waals surface area contributed by atoms with Gasteiger partial charge in [-0.2, -0.15) is 0 Å². The number of unbranched alkanes of at least 4 members (excludes halogenated alkanes) is 2. The molecule has 0 radical (unpaired) electrons. The van der Waals surface area contributed by atoms with Crippen molar-refractivity contribution in [2.24, 2.45) is 0 Å². The average Bonchev–Trinajstić information content (AvgIpc) is 2.07. The fourth-order valence-corrected chi connectivity index (χ4v) is 1.23. The van der Waals surface area contributed by atoms with Crippen LogP contribution in [0.5, 0.6) is 0 Å². The second-order valence-electron chi connectivity index (χ2n) is 3.49. The fourth-order valence-electron chi connectivity index (χ4n) is 1.23. The van der Waals surface area contributed by atoms with E-state index in [1.807, 2.05) is 0 Å². The van der Waals surface area contributed by atoms with Crippen LogP contribution < -0.4 is 5.32 Å². The number of nitrogens with one attached hydrogen (secondary N) is 1. The fraction of sp³-hybridized carbons (Fsp3) is 1.00. The average molecular weight is 187 g/mol. The molecule has 0 saturated carbocycles. The van der Waals surface area contributed by atoms with Crippen molar-refractivity contribution in [1.82, 2.24) is 5.32 Å². The van der Waals surface area contributed by atoms with Crippen LogP contribution in [0.15, 0.2) is 0 Å². The molecule has 0 unspecified atom stereocenters. The summed E-state index contributed by atoms with van der Waals surface area (Å²) in [6.07, 6.45) is 4.27. The zero-order valence-corrected chi connectivity index (χ0v) is 8.55. The van der Waals surface area contributed by atoms with Gasteiger partial charge in [0, 0.05) is 6.54 Å². The molecule has 0 atom stereocenters. The molecule has 0 spiro atoms. The van der Waals surface area contributed by atoms with E-state index in [1.54, 1.807) is 0 Å². The van der Waals surface area contributed by atoms with Gasteiger partial charge in [0.05, 0.1) is 19.8 Å². The van der Waals surface area contributed by atoms with Gasteiger partial charge in [-0.3, -0.25) is 0 Å². The van der Waals surface area contributed by atoms with Crippen LogP contribution in [0.1, 0.15) is 26.2 Å². The van der Waals surface area contributed by atoms with Crippen LogP contribution in [0.25, 0.3) is 0 Å². The quantitative estimate of drug-likeness (QED) is 0.579. The number of rotatable bonds is 8. The Morgan fingerprint density at radius 3 is 2.77 bits per heavy atom. The van der Waals surface area contributed by atoms with E-state index in [9.17, 15) is 0 Å². The zero-order valence-electron chi connectivity index (χ0n) is 8.55. The lowest BCUT2D eigenvalue weighted by Gasteiger charge is -2.25. The van der Waals surface area contributed by atoms with Gasteiger partial charge in [-0.15, -0.1) is 0 Å². The Morgan fingerprint density at radius 2 is 2.15 bits per heavy atom. The van der Waals surface area contributed by atoms with Crippen LogP contribution in [-0.2, 0) is 9.47 Å². The maximum Gasteiger partial charge on any atom is 0.104 e. The van der Waals surface area contributed by atoms with Crippen LogP contribution in [0.4, 0.5) is 0 Å². The van der Waals surface area contributed by atoms with Gasteiger partial charge in [-0.25, -0.2) is 0 Å². The Morgan fingerprint density at radius 1 is 1.31 bits per heavy atom. The molecule has 1 N–H and O–H groups in total. The lowest BCUT2D eigenvalue weighted by Crippen LogP contribution is -2.37. The minimum absolute atomic E-state index is 0.373. The predicted molar refractivity (Wildman–Crippen MR) is 53.0 cm³/mol. The molecule has 0 aliphatic carbocycles. The predicted octanol–water partition coefficient (Wildman–Crippen LogP) is 1.18. The van der Waals surface area contributed by atoms with E-state index >= 15 is 0 Å². The third kappa shape index (κ3) is 5.24. The number of hydrogen-bond acceptors (Lipinski definition) is 3. The van der Waals surface area contributed by atoms with Crippen molar-refractivity contribution in [1.29, 1.82) is 0 Å². The molecule has 1 fully saturated rings. The van der Waals surface area contributed by atoms with Crippen LogP contribution in [0.3, 0.4) is 0 Å². The molecule has 3 nitrogen and oxygen atoms in total. The Hall–Kier alpha value is -0.120. The Balaban J connectivity index is 1.68. The highest BCUT2D eigenvalue weighted by molar-refractivity contribution is 4.64. The summed E-state index contributed by atoms with van der Waals surface area (Å²) in [6.45, 7) is 6.71. The Bertz CT molecular complexity index is 115. The topological polar surface area (TPSA) is 30.5 Å². The monoisotopic (exact) mass is 187 g/mol. The molecule has 3 heteroatoms. The van der Waals surface area contributed by atoms with Crippen molar-refractivity contribution in [3.05, 3.63) is 0 Å². The van der Waals surface area contributed by atoms with Crippen LogP contribution in [-0.4, -0.2) is 39.0 Å². The first-order chi connectivity index (χ1) is 6.43. The van der Waals surface area contributed by atoms with E-state index in [-0.39, 0.29) is 0 Å². The summed E-state index contributed by atoms with van der Waals surface area (Å²) in [5.74, 6) is 0. The summed E-state index contributed by atoms with van der Waals surface area (Å²) in [5.41, 5.74) is 0. The highest BCUT2D eigenvalue weighted by atomic mass is 16.6. The van der Waals surface area contributed by atoms with Gasteiger partial charge in [-0.05, 0) is 13.0 Å². The molecule has 13 heavy (non-hydrogen) atoms. The van der Waals surface area contributed by atoms with Gasteiger partial charge in [0.2, 0.25) is 0 Å². The first-order valence-electron chi connectivity index (χ1n) is 5.33. The van der Waals surface area contributed by atoms with Gasteiger partial charge in [-0.1, -0.05) is 19.8 Å². The van der Waals surface area contributed by atoms with E-state index in [0.29, 0.717) is 6.10 Å². The Kier molecular flexibility index (Phi) is 6.15. The lowest BCUT2D eigenvalue weighted by molar-refractivity contribution is -0.128. The third-order valence-electron chi connectivity index (χ3n) is 2.20. The first kappa shape index (κ1) is 11.0.